The molecule has 1 unspecified atom stereocenters. The molecule has 0 aromatic heterocycles. The van der Waals surface area contributed by atoms with E-state index in [1.54, 1.807) is 19.2 Å². The van der Waals surface area contributed by atoms with Crippen LogP contribution in [0.2, 0.25) is 0 Å². The third-order valence-corrected chi connectivity index (χ3v) is 6.04. The molecule has 2 aliphatic rings. The summed E-state index contributed by atoms with van der Waals surface area (Å²) in [5, 5.41) is 6.59. The van der Waals surface area contributed by atoms with Crippen LogP contribution in [-0.4, -0.2) is 80.6 Å². The Morgan fingerprint density at radius 1 is 1.16 bits per heavy atom. The number of hydrogen-bond acceptors (Lipinski definition) is 4. The summed E-state index contributed by atoms with van der Waals surface area (Å²) in [5.41, 5.74) is 0. The van der Waals surface area contributed by atoms with E-state index in [9.17, 15) is 9.18 Å². The number of benzene rings is 1. The Bertz CT molecular complexity index is 713. The molecule has 1 aromatic carbocycles. The molecule has 1 aliphatic carbocycles. The third kappa shape index (κ3) is 7.38. The van der Waals surface area contributed by atoms with Crippen LogP contribution < -0.4 is 15.4 Å². The van der Waals surface area contributed by atoms with Crippen LogP contribution in [0.3, 0.4) is 0 Å². The van der Waals surface area contributed by atoms with Crippen LogP contribution >= 0.6 is 0 Å². The first-order chi connectivity index (χ1) is 15.0. The Morgan fingerprint density at radius 3 is 2.48 bits per heavy atom. The van der Waals surface area contributed by atoms with Gasteiger partial charge in [0.2, 0.25) is 5.91 Å². The van der Waals surface area contributed by atoms with Crippen LogP contribution in [0.1, 0.15) is 32.6 Å². The average molecular weight is 434 g/mol. The molecule has 1 amide bonds. The van der Waals surface area contributed by atoms with E-state index in [4.69, 9.17) is 4.74 Å². The Hall–Kier alpha value is -2.35. The first-order valence-electron chi connectivity index (χ1n) is 11.4. The van der Waals surface area contributed by atoms with Crippen molar-refractivity contribution in [2.75, 3.05) is 52.9 Å². The van der Waals surface area contributed by atoms with Gasteiger partial charge >= 0.3 is 0 Å². The van der Waals surface area contributed by atoms with E-state index >= 15 is 0 Å². The van der Waals surface area contributed by atoms with Crippen molar-refractivity contribution in [2.45, 2.75) is 38.7 Å². The van der Waals surface area contributed by atoms with Crippen LogP contribution in [0.15, 0.2) is 29.3 Å². The molecule has 0 bridgehead atoms. The monoisotopic (exact) mass is 433 g/mol. The molecular weight excluding hydrogens is 397 g/mol. The predicted octanol–water partition coefficient (Wildman–Crippen LogP) is 2.09. The summed E-state index contributed by atoms with van der Waals surface area (Å²) < 4.78 is 18.8. The van der Waals surface area contributed by atoms with Gasteiger partial charge in [0.05, 0.1) is 6.54 Å². The summed E-state index contributed by atoms with van der Waals surface area (Å²) in [6, 6.07) is 6.03. The van der Waals surface area contributed by atoms with E-state index in [1.807, 2.05) is 6.92 Å². The molecule has 2 N–H and O–H groups in total. The molecule has 1 saturated heterocycles. The van der Waals surface area contributed by atoms with Crippen LogP contribution in [0, 0.1) is 11.7 Å². The zero-order valence-corrected chi connectivity index (χ0v) is 18.8. The first kappa shape index (κ1) is 23.3. The summed E-state index contributed by atoms with van der Waals surface area (Å²) in [5.74, 6) is 1.74. The van der Waals surface area contributed by atoms with Gasteiger partial charge in [-0.3, -0.25) is 14.7 Å². The van der Waals surface area contributed by atoms with E-state index in [2.05, 4.69) is 25.4 Å². The smallest absolute Gasteiger partial charge is 0.225 e. The van der Waals surface area contributed by atoms with Gasteiger partial charge in [0.15, 0.2) is 5.96 Å². The molecule has 1 atom stereocenters. The van der Waals surface area contributed by atoms with E-state index in [1.165, 1.54) is 25.0 Å². The van der Waals surface area contributed by atoms with Crippen LogP contribution in [0.25, 0.3) is 0 Å². The largest absolute Gasteiger partial charge is 0.489 e. The number of amides is 1. The lowest BCUT2D eigenvalue weighted by atomic mass is 10.1. The van der Waals surface area contributed by atoms with E-state index in [-0.39, 0.29) is 17.8 Å². The van der Waals surface area contributed by atoms with Crippen molar-refractivity contribution in [2.24, 2.45) is 10.9 Å². The quantitative estimate of drug-likeness (QED) is 0.485. The van der Waals surface area contributed by atoms with Gasteiger partial charge in [-0.15, -0.1) is 0 Å². The van der Waals surface area contributed by atoms with Gasteiger partial charge < -0.3 is 20.3 Å². The number of nitrogens with zero attached hydrogens (tertiary/aromatic N) is 3. The van der Waals surface area contributed by atoms with Crippen LogP contribution in [0.4, 0.5) is 4.39 Å². The molecule has 1 aliphatic heterocycles. The number of nitrogens with one attached hydrogen (secondary N) is 2. The normalized spacial score (nSPS) is 19.3. The number of rotatable bonds is 8. The summed E-state index contributed by atoms with van der Waals surface area (Å²) in [7, 11) is 1.74. The summed E-state index contributed by atoms with van der Waals surface area (Å²) in [4.78, 5) is 21.3. The maximum absolute atomic E-state index is 13.0. The van der Waals surface area contributed by atoms with Crippen molar-refractivity contribution in [1.29, 1.82) is 0 Å². The van der Waals surface area contributed by atoms with Gasteiger partial charge in [-0.1, -0.05) is 12.8 Å². The molecule has 0 radical (unpaired) electrons. The molecule has 7 nitrogen and oxygen atoms in total. The lowest BCUT2D eigenvalue weighted by molar-refractivity contribution is -0.137. The predicted molar refractivity (Wildman–Crippen MR) is 121 cm³/mol. The Kier molecular flexibility index (Phi) is 8.94. The zero-order chi connectivity index (χ0) is 22.1. The number of carbonyl (C=O) groups is 1. The Morgan fingerprint density at radius 2 is 1.84 bits per heavy atom. The Balaban J connectivity index is 1.29. The minimum absolute atomic E-state index is 0.0884. The second kappa shape index (κ2) is 11.9. The third-order valence-electron chi connectivity index (χ3n) is 6.04. The van der Waals surface area contributed by atoms with E-state index < -0.39 is 0 Å². The second-order valence-corrected chi connectivity index (χ2v) is 8.41. The van der Waals surface area contributed by atoms with Gasteiger partial charge in [-0.2, -0.15) is 0 Å². The van der Waals surface area contributed by atoms with E-state index in [0.717, 1.165) is 58.1 Å². The number of carbonyl (C=O) groups excluding carboxylic acids is 1. The number of hydrogen-bond donors (Lipinski definition) is 2. The highest BCUT2D eigenvalue weighted by Crippen LogP contribution is 2.26. The topological polar surface area (TPSA) is 69.2 Å². The first-order valence-corrected chi connectivity index (χ1v) is 11.4. The van der Waals surface area contributed by atoms with Crippen molar-refractivity contribution in [3.05, 3.63) is 30.1 Å². The SMILES string of the molecule is CN=C(NCCN1CCN(C(=O)C2CCCC2)CC1)NCC(C)Oc1ccc(F)cc1. The molecule has 2 fully saturated rings. The molecule has 3 rings (SSSR count). The highest BCUT2D eigenvalue weighted by Gasteiger charge is 2.29. The fourth-order valence-electron chi connectivity index (χ4n) is 4.20. The minimum atomic E-state index is -0.274. The molecule has 1 aromatic rings. The fourth-order valence-corrected chi connectivity index (χ4v) is 4.20. The lowest BCUT2D eigenvalue weighted by Crippen LogP contribution is -2.52. The van der Waals surface area contributed by atoms with Crippen LogP contribution in [-0.2, 0) is 4.79 Å². The Labute approximate surface area is 185 Å². The average Bonchev–Trinajstić information content (AvgIpc) is 3.32. The number of guanidine groups is 1. The van der Waals surface area contributed by atoms with Crippen molar-refractivity contribution >= 4 is 11.9 Å². The van der Waals surface area contributed by atoms with Gasteiger partial charge in [-0.05, 0) is 44.0 Å². The minimum Gasteiger partial charge on any atom is -0.489 e. The molecule has 8 heteroatoms. The molecule has 172 valence electrons. The number of aliphatic imine (C=N–C) groups is 1. The highest BCUT2D eigenvalue weighted by molar-refractivity contribution is 5.80. The van der Waals surface area contributed by atoms with E-state index in [0.29, 0.717) is 18.2 Å². The standard InChI is InChI=1S/C23H36FN5O2/c1-18(31-21-9-7-20(24)8-10-21)17-27-23(25-2)26-11-12-28-13-15-29(16-14-28)22(30)19-5-3-4-6-19/h7-10,18-19H,3-6,11-17H2,1-2H3,(H2,25,26,27). The second-order valence-electron chi connectivity index (χ2n) is 8.41. The molecule has 31 heavy (non-hydrogen) atoms. The van der Waals surface area contributed by atoms with Crippen molar-refractivity contribution in [1.82, 2.24) is 20.4 Å². The van der Waals surface area contributed by atoms with Gasteiger partial charge in [-0.25, -0.2) is 4.39 Å². The summed E-state index contributed by atoms with van der Waals surface area (Å²) in [6.07, 6.45) is 4.46. The maximum atomic E-state index is 13.0. The van der Waals surface area contributed by atoms with Crippen LogP contribution in [0.5, 0.6) is 5.75 Å². The number of piperazine rings is 1. The number of ether oxygens (including phenoxy) is 1. The fraction of sp³-hybridized carbons (Fsp3) is 0.652. The van der Waals surface area contributed by atoms with Gasteiger partial charge in [0, 0.05) is 52.2 Å². The maximum Gasteiger partial charge on any atom is 0.225 e. The van der Waals surface area contributed by atoms with Gasteiger partial charge in [0.25, 0.3) is 0 Å². The zero-order valence-electron chi connectivity index (χ0n) is 18.8. The molecule has 1 saturated carbocycles. The van der Waals surface area contributed by atoms with Crippen molar-refractivity contribution in [3.63, 3.8) is 0 Å². The van der Waals surface area contributed by atoms with Crippen molar-refractivity contribution < 1.29 is 13.9 Å². The summed E-state index contributed by atoms with van der Waals surface area (Å²) in [6.45, 7) is 7.75. The summed E-state index contributed by atoms with van der Waals surface area (Å²) >= 11 is 0. The molecule has 1 heterocycles. The van der Waals surface area contributed by atoms with Gasteiger partial charge in [0.1, 0.15) is 17.7 Å². The van der Waals surface area contributed by atoms with Crippen molar-refractivity contribution in [3.8, 4) is 5.75 Å². The lowest BCUT2D eigenvalue weighted by Gasteiger charge is -2.36. The highest BCUT2D eigenvalue weighted by atomic mass is 19.1. The molecular formula is C23H36FN5O2. The molecule has 0 spiro atoms. The number of halogens is 1.